The van der Waals surface area contributed by atoms with E-state index in [0.717, 1.165) is 0 Å². The summed E-state index contributed by atoms with van der Waals surface area (Å²) in [6.07, 6.45) is 2.75. The van der Waals surface area contributed by atoms with Crippen LogP contribution in [0.15, 0.2) is 24.5 Å². The van der Waals surface area contributed by atoms with Crippen molar-refractivity contribution in [1.82, 2.24) is 9.97 Å². The number of hydrogen-bond acceptors (Lipinski definition) is 6. The number of fused-ring (bicyclic) bond motifs is 1. The lowest BCUT2D eigenvalue weighted by atomic mass is 9.89. The molecule has 0 aliphatic rings. The molecule has 0 spiro atoms. The van der Waals surface area contributed by atoms with Crippen molar-refractivity contribution in [3.63, 3.8) is 0 Å². The van der Waals surface area contributed by atoms with Crippen molar-refractivity contribution in [2.45, 2.75) is 25.4 Å². The summed E-state index contributed by atoms with van der Waals surface area (Å²) in [6, 6.07) is 2.73. The van der Waals surface area contributed by atoms with Crippen LogP contribution in [0.5, 0.6) is 0 Å². The molecule has 19 heavy (non-hydrogen) atoms. The topological polar surface area (TPSA) is 121 Å². The predicted octanol–water partition coefficient (Wildman–Crippen LogP) is 1.28. The minimum Gasteiger partial charge on any atom is -0.324 e. The second-order valence-electron chi connectivity index (χ2n) is 4.98. The number of aromatic nitrogens is 2. The second kappa shape index (κ2) is 4.52. The first kappa shape index (κ1) is 13.3. The largest absolute Gasteiger partial charge is 0.324 e. The van der Waals surface area contributed by atoms with Gasteiger partial charge in [0, 0.05) is 11.7 Å². The van der Waals surface area contributed by atoms with Gasteiger partial charge >= 0.3 is 0 Å². The van der Waals surface area contributed by atoms with Crippen molar-refractivity contribution in [2.24, 2.45) is 11.5 Å². The zero-order chi connectivity index (χ0) is 14.2. The molecule has 0 aliphatic carbocycles. The average Bonchev–Trinajstić information content (AvgIpc) is 2.35. The Bertz CT molecular complexity index is 636. The minimum atomic E-state index is -0.809. The number of hydrogen-bond donors (Lipinski definition) is 2. The van der Waals surface area contributed by atoms with Gasteiger partial charge in [-0.05, 0) is 26.0 Å². The zero-order valence-corrected chi connectivity index (χ0v) is 10.7. The van der Waals surface area contributed by atoms with Gasteiger partial charge in [0.25, 0.3) is 5.69 Å². The summed E-state index contributed by atoms with van der Waals surface area (Å²) in [7, 11) is 0. The highest BCUT2D eigenvalue weighted by atomic mass is 16.6. The minimum absolute atomic E-state index is 0.155. The molecule has 0 aliphatic heterocycles. The monoisotopic (exact) mass is 261 g/mol. The maximum Gasteiger partial charge on any atom is 0.294 e. The molecule has 0 fully saturated rings. The molecule has 4 N–H and O–H groups in total. The fraction of sp³-hybridized carbons (Fsp3) is 0.333. The van der Waals surface area contributed by atoms with Gasteiger partial charge in [-0.2, -0.15) is 0 Å². The van der Waals surface area contributed by atoms with Gasteiger partial charge in [0.05, 0.1) is 22.0 Å². The van der Waals surface area contributed by atoms with E-state index in [-0.39, 0.29) is 5.69 Å². The molecule has 0 radical (unpaired) electrons. The molecular formula is C12H15N5O2. The smallest absolute Gasteiger partial charge is 0.294 e. The molecule has 0 bridgehead atoms. The molecule has 100 valence electrons. The molecule has 2 heterocycles. The summed E-state index contributed by atoms with van der Waals surface area (Å²) >= 11 is 0. The molecule has 7 nitrogen and oxygen atoms in total. The third-order valence-corrected chi connectivity index (χ3v) is 2.95. The SMILES string of the molecule is CC(C)(N)C(N)c1c([N+](=O)[O-])cnc2cccnc12. The van der Waals surface area contributed by atoms with E-state index in [0.29, 0.717) is 16.6 Å². The number of nitrogens with two attached hydrogens (primary N) is 2. The standard InChI is InChI=1S/C12H15N5O2/c1-12(2,14)11(13)9-8(17(18)19)6-16-7-4-3-5-15-10(7)9/h3-6,11H,13-14H2,1-2H3. The van der Waals surface area contributed by atoms with Crippen LogP contribution < -0.4 is 11.5 Å². The van der Waals surface area contributed by atoms with E-state index in [1.54, 1.807) is 32.2 Å². The Kier molecular flexibility index (Phi) is 3.17. The first-order chi connectivity index (χ1) is 8.82. The summed E-state index contributed by atoms with van der Waals surface area (Å²) in [5, 5.41) is 11.1. The Morgan fingerprint density at radius 2 is 2.11 bits per heavy atom. The predicted molar refractivity (Wildman–Crippen MR) is 71.4 cm³/mol. The van der Waals surface area contributed by atoms with Crippen molar-refractivity contribution < 1.29 is 4.92 Å². The van der Waals surface area contributed by atoms with Crippen LogP contribution in [0.1, 0.15) is 25.5 Å². The fourth-order valence-corrected chi connectivity index (χ4v) is 1.85. The average molecular weight is 261 g/mol. The van der Waals surface area contributed by atoms with Gasteiger partial charge in [0.1, 0.15) is 11.7 Å². The molecule has 0 saturated carbocycles. The zero-order valence-electron chi connectivity index (χ0n) is 10.7. The maximum atomic E-state index is 11.1. The van der Waals surface area contributed by atoms with Crippen molar-refractivity contribution in [1.29, 1.82) is 0 Å². The quantitative estimate of drug-likeness (QED) is 0.634. The molecule has 1 atom stereocenters. The lowest BCUT2D eigenvalue weighted by molar-refractivity contribution is -0.386. The third kappa shape index (κ3) is 2.38. The molecule has 0 saturated heterocycles. The van der Waals surface area contributed by atoms with Crippen LogP contribution in [0.2, 0.25) is 0 Å². The lowest BCUT2D eigenvalue weighted by Crippen LogP contribution is -2.44. The Balaban J connectivity index is 2.80. The summed E-state index contributed by atoms with van der Waals surface area (Å²) in [4.78, 5) is 18.8. The number of pyridine rings is 2. The van der Waals surface area contributed by atoms with E-state index in [1.807, 2.05) is 0 Å². The second-order valence-corrected chi connectivity index (χ2v) is 4.98. The van der Waals surface area contributed by atoms with Crippen LogP contribution in [-0.2, 0) is 0 Å². The first-order valence-corrected chi connectivity index (χ1v) is 5.75. The third-order valence-electron chi connectivity index (χ3n) is 2.95. The lowest BCUT2D eigenvalue weighted by Gasteiger charge is -2.27. The highest BCUT2D eigenvalue weighted by Crippen LogP contribution is 2.33. The van der Waals surface area contributed by atoms with Gasteiger partial charge in [-0.1, -0.05) is 0 Å². The van der Waals surface area contributed by atoms with Crippen molar-refractivity contribution >= 4 is 16.7 Å². The summed E-state index contributed by atoms with van der Waals surface area (Å²) in [6.45, 7) is 3.44. The van der Waals surface area contributed by atoms with Crippen LogP contribution in [-0.4, -0.2) is 20.4 Å². The van der Waals surface area contributed by atoms with Gasteiger partial charge in [0.15, 0.2) is 0 Å². The number of rotatable bonds is 3. The molecule has 0 aromatic carbocycles. The molecular weight excluding hydrogens is 246 g/mol. The van der Waals surface area contributed by atoms with E-state index in [2.05, 4.69) is 9.97 Å². The van der Waals surface area contributed by atoms with Crippen molar-refractivity contribution in [3.05, 3.63) is 40.2 Å². The Morgan fingerprint density at radius 3 is 2.68 bits per heavy atom. The van der Waals surface area contributed by atoms with Crippen LogP contribution >= 0.6 is 0 Å². The van der Waals surface area contributed by atoms with Gasteiger partial charge < -0.3 is 11.5 Å². The molecule has 2 aromatic heterocycles. The van der Waals surface area contributed by atoms with Crippen LogP contribution in [0, 0.1) is 10.1 Å². The molecule has 2 aromatic rings. The molecule has 2 rings (SSSR count). The molecule has 0 amide bonds. The van der Waals surface area contributed by atoms with Crippen molar-refractivity contribution in [2.75, 3.05) is 0 Å². The van der Waals surface area contributed by atoms with E-state index < -0.39 is 16.5 Å². The number of nitrogens with zero attached hydrogens (tertiary/aromatic N) is 3. The highest BCUT2D eigenvalue weighted by Gasteiger charge is 2.32. The molecule has 7 heteroatoms. The number of nitro groups is 1. The molecule has 1 unspecified atom stereocenters. The Morgan fingerprint density at radius 1 is 1.42 bits per heavy atom. The fourth-order valence-electron chi connectivity index (χ4n) is 1.85. The first-order valence-electron chi connectivity index (χ1n) is 5.75. The summed E-state index contributed by atoms with van der Waals surface area (Å²) < 4.78 is 0. The van der Waals surface area contributed by atoms with Crippen LogP contribution in [0.4, 0.5) is 5.69 Å². The van der Waals surface area contributed by atoms with Crippen molar-refractivity contribution in [3.8, 4) is 0 Å². The maximum absolute atomic E-state index is 11.1. The Hall–Kier alpha value is -2.12. The summed E-state index contributed by atoms with van der Waals surface area (Å²) in [5.74, 6) is 0. The summed E-state index contributed by atoms with van der Waals surface area (Å²) in [5.41, 5.74) is 12.4. The van der Waals surface area contributed by atoms with Crippen LogP contribution in [0.3, 0.4) is 0 Å². The normalized spacial score (nSPS) is 13.5. The van der Waals surface area contributed by atoms with E-state index >= 15 is 0 Å². The van der Waals surface area contributed by atoms with Gasteiger partial charge in [-0.25, -0.2) is 4.98 Å². The highest BCUT2D eigenvalue weighted by molar-refractivity contribution is 5.81. The van der Waals surface area contributed by atoms with E-state index in [9.17, 15) is 10.1 Å². The van der Waals surface area contributed by atoms with Gasteiger partial charge in [-0.15, -0.1) is 0 Å². The van der Waals surface area contributed by atoms with Gasteiger partial charge in [0.2, 0.25) is 0 Å². The Labute approximate surface area is 109 Å². The van der Waals surface area contributed by atoms with E-state index in [4.69, 9.17) is 11.5 Å². The van der Waals surface area contributed by atoms with Gasteiger partial charge in [-0.3, -0.25) is 15.1 Å². The van der Waals surface area contributed by atoms with Crippen LogP contribution in [0.25, 0.3) is 11.0 Å². The van der Waals surface area contributed by atoms with E-state index in [1.165, 1.54) is 6.20 Å².